The van der Waals surface area contributed by atoms with Crippen molar-refractivity contribution in [1.82, 2.24) is 14.6 Å². The Hall–Kier alpha value is -2.23. The minimum Gasteiger partial charge on any atom is -0.462 e. The number of nitrogens with one attached hydrogen (secondary N) is 2. The number of ether oxygens (including phenoxy) is 2. The Morgan fingerprint density at radius 3 is 2.51 bits per heavy atom. The molecule has 2 aromatic rings. The van der Waals surface area contributed by atoms with Crippen molar-refractivity contribution in [2.24, 2.45) is 0 Å². The minimum absolute atomic E-state index is 0.184. The van der Waals surface area contributed by atoms with E-state index in [1.807, 2.05) is 4.98 Å². The highest BCUT2D eigenvalue weighted by molar-refractivity contribution is 8.09. The number of hydrogen-bond acceptors (Lipinski definition) is 10. The summed E-state index contributed by atoms with van der Waals surface area (Å²) in [5, 5.41) is 23.4. The number of nitrogens with zero attached hydrogens (tertiary/aromatic N) is 1. The number of rotatable bonds is 11. The summed E-state index contributed by atoms with van der Waals surface area (Å²) < 4.78 is 51.4. The van der Waals surface area contributed by atoms with E-state index in [2.05, 4.69) is 5.09 Å². The van der Waals surface area contributed by atoms with Crippen LogP contribution in [0, 0.1) is 0 Å². The molecule has 0 radical (unpaired) electrons. The maximum absolute atomic E-state index is 14.5. The fourth-order valence-corrected chi connectivity index (χ4v) is 6.14. The molecule has 39 heavy (non-hydrogen) atoms. The average Bonchev–Trinajstić information content (AvgIpc) is 3.11. The van der Waals surface area contributed by atoms with E-state index >= 15 is 0 Å². The van der Waals surface area contributed by atoms with E-state index in [1.54, 1.807) is 32.0 Å². The lowest BCUT2D eigenvalue weighted by atomic mass is 9.96. The Labute approximate surface area is 231 Å². The van der Waals surface area contributed by atoms with Gasteiger partial charge in [-0.05, 0) is 44.7 Å². The van der Waals surface area contributed by atoms with Gasteiger partial charge in [-0.15, -0.1) is 0 Å². The second kappa shape index (κ2) is 12.5. The van der Waals surface area contributed by atoms with Gasteiger partial charge < -0.3 is 28.7 Å². The molecule has 0 saturated carbocycles. The predicted molar refractivity (Wildman–Crippen MR) is 138 cm³/mol. The molecule has 1 aromatic heterocycles. The highest BCUT2D eigenvalue weighted by atomic mass is 35.5. The first kappa shape index (κ1) is 31.3. The first-order valence-corrected chi connectivity index (χ1v) is 14.5. The molecular weight excluding hydrogens is 587 g/mol. The van der Waals surface area contributed by atoms with Gasteiger partial charge in [0.15, 0.2) is 11.8 Å². The molecule has 0 bridgehead atoms. The van der Waals surface area contributed by atoms with Gasteiger partial charge in [0, 0.05) is 6.20 Å². The first-order chi connectivity index (χ1) is 18.2. The lowest BCUT2D eigenvalue weighted by Crippen LogP contribution is -2.53. The van der Waals surface area contributed by atoms with Crippen LogP contribution in [0.1, 0.15) is 27.0 Å². The van der Waals surface area contributed by atoms with E-state index < -0.39 is 78.1 Å². The fourth-order valence-electron chi connectivity index (χ4n) is 3.56. The van der Waals surface area contributed by atoms with Crippen LogP contribution in [0.5, 0.6) is 5.75 Å². The number of benzene rings is 1. The third-order valence-electron chi connectivity index (χ3n) is 5.51. The van der Waals surface area contributed by atoms with Crippen molar-refractivity contribution in [2.45, 2.75) is 63.4 Å². The number of H-pyrrole nitrogens is 1. The number of hydrogen-bond donors (Lipinski definition) is 4. The van der Waals surface area contributed by atoms with Crippen molar-refractivity contribution in [1.29, 1.82) is 0 Å². The first-order valence-electron chi connectivity index (χ1n) is 11.5. The quantitative estimate of drug-likeness (QED) is 0.216. The van der Waals surface area contributed by atoms with Gasteiger partial charge in [0.2, 0.25) is 0 Å². The summed E-state index contributed by atoms with van der Waals surface area (Å²) in [7, 11) is 0. The molecule has 0 spiro atoms. The standard InChI is InChI=1S/C22H27ClF2N3O9PS/c1-11(2)35-19(32)12(3)27-38(39,37-13-7-5-4-6-8-13)34-10-22(20(24)25)16(30)15(29)18(36-22)28-9-14(23)17(31)26-21(28)33/h4-9,11-12,15-16,18,20,29-30H,10H2,1-3H3,(H,27,39)(H,26,31,33). The molecule has 17 heteroatoms. The van der Waals surface area contributed by atoms with Crippen molar-refractivity contribution in [3.63, 3.8) is 0 Å². The van der Waals surface area contributed by atoms with Crippen molar-refractivity contribution in [2.75, 3.05) is 6.61 Å². The molecule has 1 aliphatic rings. The summed E-state index contributed by atoms with van der Waals surface area (Å²) in [5.74, 6) is -0.533. The van der Waals surface area contributed by atoms with E-state index in [0.29, 0.717) is 4.57 Å². The highest BCUT2D eigenvalue weighted by Gasteiger charge is 2.61. The summed E-state index contributed by atoms with van der Waals surface area (Å²) in [5.41, 5.74) is -5.01. The van der Waals surface area contributed by atoms with Gasteiger partial charge in [0.05, 0.1) is 12.7 Å². The molecule has 1 aromatic carbocycles. The fraction of sp³-hybridized carbons (Fsp3) is 0.500. The lowest BCUT2D eigenvalue weighted by Gasteiger charge is -2.34. The van der Waals surface area contributed by atoms with Crippen LogP contribution in [-0.4, -0.2) is 68.7 Å². The molecule has 2 heterocycles. The molecule has 1 aliphatic heterocycles. The Kier molecular flexibility index (Phi) is 10.0. The van der Waals surface area contributed by atoms with E-state index in [0.717, 1.165) is 6.20 Å². The summed E-state index contributed by atoms with van der Waals surface area (Å²) in [6.45, 7) is -0.333. The molecule has 6 atom stereocenters. The topological polar surface area (TPSA) is 161 Å². The van der Waals surface area contributed by atoms with Crippen molar-refractivity contribution < 1.29 is 42.3 Å². The summed E-state index contributed by atoms with van der Waals surface area (Å²) in [4.78, 5) is 38.1. The number of para-hydroxylation sites is 1. The number of aromatic nitrogens is 2. The van der Waals surface area contributed by atoms with Gasteiger partial charge >= 0.3 is 18.3 Å². The molecular formula is C22H27ClF2N3O9PS. The van der Waals surface area contributed by atoms with Crippen LogP contribution >= 0.6 is 18.2 Å². The molecule has 1 fully saturated rings. The van der Waals surface area contributed by atoms with Crippen LogP contribution < -0.4 is 20.9 Å². The molecule has 6 unspecified atom stereocenters. The van der Waals surface area contributed by atoms with Crippen LogP contribution in [0.25, 0.3) is 0 Å². The van der Waals surface area contributed by atoms with Gasteiger partial charge in [-0.2, -0.15) is 0 Å². The maximum Gasteiger partial charge on any atom is 0.330 e. The SMILES string of the molecule is CC(C)OC(=O)C(C)NP(=S)(OCC1(C(F)F)OC(n2cc(Cl)c(=O)[nH]c2=O)C(O)C1O)Oc1ccccc1. The minimum atomic E-state index is -3.85. The van der Waals surface area contributed by atoms with Crippen LogP contribution in [0.4, 0.5) is 8.78 Å². The average molecular weight is 614 g/mol. The van der Waals surface area contributed by atoms with E-state index in [9.17, 15) is 33.4 Å². The maximum atomic E-state index is 14.5. The Morgan fingerprint density at radius 2 is 1.92 bits per heavy atom. The van der Waals surface area contributed by atoms with Crippen LogP contribution in [0.2, 0.25) is 5.02 Å². The number of halogens is 3. The Balaban J connectivity index is 1.92. The van der Waals surface area contributed by atoms with Crippen LogP contribution in [0.3, 0.4) is 0 Å². The van der Waals surface area contributed by atoms with E-state index in [4.69, 9.17) is 41.9 Å². The predicted octanol–water partition coefficient (Wildman–Crippen LogP) is 1.69. The van der Waals surface area contributed by atoms with E-state index in [-0.39, 0.29) is 5.75 Å². The van der Waals surface area contributed by atoms with Crippen molar-refractivity contribution >= 4 is 36.0 Å². The molecule has 3 rings (SSSR count). The van der Waals surface area contributed by atoms with E-state index in [1.165, 1.54) is 19.1 Å². The number of alkyl halides is 2. The summed E-state index contributed by atoms with van der Waals surface area (Å²) in [6, 6.07) is 6.85. The second-order valence-electron chi connectivity index (χ2n) is 8.85. The third-order valence-corrected chi connectivity index (χ3v) is 8.26. The van der Waals surface area contributed by atoms with Gasteiger partial charge in [-0.1, -0.05) is 29.8 Å². The second-order valence-corrected chi connectivity index (χ2v) is 12.4. The molecule has 1 saturated heterocycles. The zero-order valence-electron chi connectivity index (χ0n) is 20.8. The number of aliphatic hydroxyl groups excluding tert-OH is 2. The summed E-state index contributed by atoms with van der Waals surface area (Å²) >= 11 is 11.2. The lowest BCUT2D eigenvalue weighted by molar-refractivity contribution is -0.192. The Morgan fingerprint density at radius 1 is 1.28 bits per heavy atom. The van der Waals surface area contributed by atoms with Crippen molar-refractivity contribution in [3.05, 3.63) is 62.4 Å². The highest BCUT2D eigenvalue weighted by Crippen LogP contribution is 2.49. The van der Waals surface area contributed by atoms with Crippen LogP contribution in [-0.2, 0) is 30.6 Å². The molecule has 12 nitrogen and oxygen atoms in total. The molecule has 0 aliphatic carbocycles. The monoisotopic (exact) mass is 613 g/mol. The number of esters is 1. The Bertz CT molecular complexity index is 1330. The zero-order chi connectivity index (χ0) is 29.1. The number of carbonyl (C=O) groups excluding carboxylic acids is 1. The molecule has 0 amide bonds. The van der Waals surface area contributed by atoms with Crippen LogP contribution in [0.15, 0.2) is 46.1 Å². The largest absolute Gasteiger partial charge is 0.462 e. The molecule has 216 valence electrons. The number of carbonyl (C=O) groups is 1. The normalized spacial score (nSPS) is 25.4. The third kappa shape index (κ3) is 7.11. The summed E-state index contributed by atoms with van der Waals surface area (Å²) in [6.07, 6.45) is -9.43. The molecule has 4 N–H and O–H groups in total. The van der Waals surface area contributed by atoms with Gasteiger partial charge in [0.1, 0.15) is 29.0 Å². The van der Waals surface area contributed by atoms with Crippen molar-refractivity contribution in [3.8, 4) is 5.75 Å². The van der Waals surface area contributed by atoms with Gasteiger partial charge in [-0.3, -0.25) is 19.1 Å². The van der Waals surface area contributed by atoms with Gasteiger partial charge in [0.25, 0.3) is 12.0 Å². The zero-order valence-corrected chi connectivity index (χ0v) is 23.3. The number of aromatic amines is 1. The number of aliphatic hydroxyl groups is 2. The van der Waals surface area contributed by atoms with Gasteiger partial charge in [-0.25, -0.2) is 18.7 Å². The smallest absolute Gasteiger partial charge is 0.330 e.